The lowest BCUT2D eigenvalue weighted by Crippen LogP contribution is -2.48. The molecule has 1 aliphatic heterocycles. The van der Waals surface area contributed by atoms with Gasteiger partial charge >= 0.3 is 0 Å². The molecule has 168 valence electrons. The molecule has 1 saturated heterocycles. The Kier molecular flexibility index (Phi) is 7.43. The van der Waals surface area contributed by atoms with Gasteiger partial charge in [-0.05, 0) is 36.8 Å². The summed E-state index contributed by atoms with van der Waals surface area (Å²) in [5, 5.41) is 14.4. The zero-order chi connectivity index (χ0) is 23.1. The van der Waals surface area contributed by atoms with E-state index in [1.807, 2.05) is 42.2 Å². The van der Waals surface area contributed by atoms with Crippen LogP contribution in [0.1, 0.15) is 24.3 Å². The average Bonchev–Trinajstić information content (AvgIpc) is 2.80. The maximum absolute atomic E-state index is 11.7. The summed E-state index contributed by atoms with van der Waals surface area (Å²) in [5.74, 6) is -0.0460. The molecule has 4 N–H and O–H groups in total. The van der Waals surface area contributed by atoms with Gasteiger partial charge in [0.1, 0.15) is 0 Å². The lowest BCUT2D eigenvalue weighted by atomic mass is 10.2. The Morgan fingerprint density at radius 2 is 1.84 bits per heavy atom. The van der Waals surface area contributed by atoms with Crippen LogP contribution >= 0.6 is 0 Å². The third-order valence-corrected chi connectivity index (χ3v) is 5.37. The number of anilines is 4. The third-order valence-electron chi connectivity index (χ3n) is 5.37. The number of nitrogens with two attached hydrogens (primary N) is 1. The Morgan fingerprint density at radius 3 is 2.41 bits per heavy atom. The minimum absolute atomic E-state index is 0.0788. The summed E-state index contributed by atoms with van der Waals surface area (Å²) >= 11 is 0. The second kappa shape index (κ2) is 10.4. The van der Waals surface area contributed by atoms with E-state index >= 15 is 0 Å². The summed E-state index contributed by atoms with van der Waals surface area (Å²) in [6.07, 6.45) is 3.67. The highest BCUT2D eigenvalue weighted by atomic mass is 16.2. The summed E-state index contributed by atoms with van der Waals surface area (Å²) < 4.78 is 0. The van der Waals surface area contributed by atoms with Crippen LogP contribution in [0.5, 0.6) is 0 Å². The topological polar surface area (TPSA) is 116 Å². The summed E-state index contributed by atoms with van der Waals surface area (Å²) in [7, 11) is 0. The molecule has 2 heterocycles. The van der Waals surface area contributed by atoms with E-state index in [0.717, 1.165) is 43.1 Å². The van der Waals surface area contributed by atoms with Gasteiger partial charge in [0.15, 0.2) is 11.5 Å². The van der Waals surface area contributed by atoms with Gasteiger partial charge in [-0.2, -0.15) is 0 Å². The summed E-state index contributed by atoms with van der Waals surface area (Å²) in [5.41, 5.74) is 8.93. The molecule has 1 aliphatic rings. The van der Waals surface area contributed by atoms with Crippen LogP contribution in [0.2, 0.25) is 0 Å². The molecule has 0 bridgehead atoms. The summed E-state index contributed by atoms with van der Waals surface area (Å²) in [6.45, 7) is 10.8. The lowest BCUT2D eigenvalue weighted by molar-refractivity contribution is -0.129. The number of primary amides is 1. The van der Waals surface area contributed by atoms with Crippen molar-refractivity contribution >= 4 is 34.7 Å². The second-order valence-corrected chi connectivity index (χ2v) is 7.44. The molecule has 32 heavy (non-hydrogen) atoms. The molecule has 9 nitrogen and oxygen atoms in total. The number of benzene rings is 1. The molecule has 0 spiro atoms. The molecule has 1 aromatic carbocycles. The van der Waals surface area contributed by atoms with E-state index in [1.165, 1.54) is 0 Å². The first-order valence-electron chi connectivity index (χ1n) is 10.5. The van der Waals surface area contributed by atoms with Crippen molar-refractivity contribution in [2.75, 3.05) is 48.3 Å². The average molecular weight is 436 g/mol. The van der Waals surface area contributed by atoms with Crippen molar-refractivity contribution in [1.29, 1.82) is 0 Å². The van der Waals surface area contributed by atoms with Crippen LogP contribution in [0.15, 0.2) is 54.6 Å². The Bertz CT molecular complexity index is 1010. The highest BCUT2D eigenvalue weighted by molar-refractivity contribution is 5.96. The highest BCUT2D eigenvalue weighted by Crippen LogP contribution is 2.23. The van der Waals surface area contributed by atoms with Crippen molar-refractivity contribution < 1.29 is 9.59 Å². The van der Waals surface area contributed by atoms with Crippen LogP contribution in [0.25, 0.3) is 0 Å². The highest BCUT2D eigenvalue weighted by Gasteiger charge is 2.18. The minimum Gasteiger partial charge on any atom is -0.379 e. The van der Waals surface area contributed by atoms with Gasteiger partial charge in [-0.15, -0.1) is 10.2 Å². The van der Waals surface area contributed by atoms with Crippen molar-refractivity contribution in [2.24, 2.45) is 5.73 Å². The number of carbonyl (C=O) groups is 2. The Balaban J connectivity index is 1.68. The molecular weight excluding hydrogens is 406 g/mol. The number of carbonyl (C=O) groups excluding carboxylic acids is 2. The van der Waals surface area contributed by atoms with E-state index in [2.05, 4.69) is 32.3 Å². The molecule has 1 fully saturated rings. The largest absolute Gasteiger partial charge is 0.379 e. The van der Waals surface area contributed by atoms with Crippen molar-refractivity contribution in [3.8, 4) is 0 Å². The minimum atomic E-state index is -0.651. The van der Waals surface area contributed by atoms with E-state index in [1.54, 1.807) is 19.1 Å². The van der Waals surface area contributed by atoms with Gasteiger partial charge in [0.05, 0.1) is 5.69 Å². The molecule has 0 unspecified atom stereocenters. The third kappa shape index (κ3) is 5.63. The molecule has 1 aromatic heterocycles. The van der Waals surface area contributed by atoms with Gasteiger partial charge in [-0.3, -0.25) is 9.59 Å². The van der Waals surface area contributed by atoms with Crippen LogP contribution < -0.4 is 21.3 Å². The molecule has 2 aromatic rings. The first-order chi connectivity index (χ1) is 15.4. The van der Waals surface area contributed by atoms with E-state index in [4.69, 9.17) is 5.73 Å². The maximum Gasteiger partial charge on any atom is 0.271 e. The number of hydrogen-bond acceptors (Lipinski definition) is 7. The van der Waals surface area contributed by atoms with E-state index in [-0.39, 0.29) is 11.6 Å². The molecule has 0 atom stereocenters. The quantitative estimate of drug-likeness (QED) is 0.546. The van der Waals surface area contributed by atoms with Crippen LogP contribution in [-0.2, 0) is 4.79 Å². The van der Waals surface area contributed by atoms with Gasteiger partial charge in [-0.25, -0.2) is 0 Å². The fourth-order valence-electron chi connectivity index (χ4n) is 3.44. The van der Waals surface area contributed by atoms with Gasteiger partial charge in [0.25, 0.3) is 5.91 Å². The molecular formula is C23H29N7O2. The summed E-state index contributed by atoms with van der Waals surface area (Å²) in [6, 6.07) is 9.67. The first kappa shape index (κ1) is 22.8. The summed E-state index contributed by atoms with van der Waals surface area (Å²) in [4.78, 5) is 27.3. The smallest absolute Gasteiger partial charge is 0.271 e. The standard InChI is InChI=1S/C23H29N7O2/c1-4-17(5-2)15-25-20-14-21(27-28-22(20)23(24)32)26-18-6-8-19(9-7-18)30-12-10-29(11-13-30)16(3)31/h4-9,14H,1,10-13,15H2,2-3H3,(H2,24,32)(H2,25,26,27)/b17-5+. The van der Waals surface area contributed by atoms with Crippen molar-refractivity contribution in [2.45, 2.75) is 13.8 Å². The van der Waals surface area contributed by atoms with Crippen LogP contribution in [0, 0.1) is 0 Å². The zero-order valence-corrected chi connectivity index (χ0v) is 18.5. The Labute approximate surface area is 188 Å². The van der Waals surface area contributed by atoms with E-state index in [0.29, 0.717) is 18.1 Å². The lowest BCUT2D eigenvalue weighted by Gasteiger charge is -2.35. The number of nitrogens with zero attached hydrogens (tertiary/aromatic N) is 4. The fourth-order valence-corrected chi connectivity index (χ4v) is 3.44. The van der Waals surface area contributed by atoms with Crippen LogP contribution in [0.4, 0.5) is 22.9 Å². The van der Waals surface area contributed by atoms with Gasteiger partial charge < -0.3 is 26.2 Å². The number of allylic oxidation sites excluding steroid dienone is 1. The predicted molar refractivity (Wildman–Crippen MR) is 127 cm³/mol. The van der Waals surface area contributed by atoms with Crippen molar-refractivity contribution in [1.82, 2.24) is 15.1 Å². The Morgan fingerprint density at radius 1 is 1.16 bits per heavy atom. The number of hydrogen-bond donors (Lipinski definition) is 3. The number of nitrogens with one attached hydrogen (secondary N) is 2. The molecule has 9 heteroatoms. The molecule has 3 rings (SSSR count). The van der Waals surface area contributed by atoms with E-state index in [9.17, 15) is 9.59 Å². The van der Waals surface area contributed by atoms with Crippen molar-refractivity contribution in [3.63, 3.8) is 0 Å². The zero-order valence-electron chi connectivity index (χ0n) is 18.5. The maximum atomic E-state index is 11.7. The van der Waals surface area contributed by atoms with Gasteiger partial charge in [0.2, 0.25) is 5.91 Å². The number of rotatable bonds is 8. The van der Waals surface area contributed by atoms with Gasteiger partial charge in [-0.1, -0.05) is 18.7 Å². The monoisotopic (exact) mass is 435 g/mol. The molecule has 0 aliphatic carbocycles. The Hall–Kier alpha value is -3.88. The van der Waals surface area contributed by atoms with Crippen molar-refractivity contribution in [3.05, 3.63) is 60.3 Å². The van der Waals surface area contributed by atoms with Crippen LogP contribution in [-0.4, -0.2) is 59.6 Å². The second-order valence-electron chi connectivity index (χ2n) is 7.44. The SMILES string of the molecule is C=C/C(=C\C)CNc1cc(Nc2ccc(N3CCN(C(C)=O)CC3)cc2)nnc1C(N)=O. The van der Waals surface area contributed by atoms with E-state index < -0.39 is 5.91 Å². The van der Waals surface area contributed by atoms with Gasteiger partial charge in [0, 0.05) is 57.1 Å². The first-order valence-corrected chi connectivity index (χ1v) is 10.5. The number of piperazine rings is 1. The normalized spacial score (nSPS) is 14.1. The fraction of sp³-hybridized carbons (Fsp3) is 0.304. The molecule has 0 radical (unpaired) electrons. The van der Waals surface area contributed by atoms with Crippen LogP contribution in [0.3, 0.4) is 0 Å². The molecule has 0 saturated carbocycles. The number of amides is 2. The molecule has 2 amide bonds. The predicted octanol–water partition coefficient (Wildman–Crippen LogP) is 2.53. The number of aromatic nitrogens is 2.